The van der Waals surface area contributed by atoms with Gasteiger partial charge in [0, 0.05) is 23.8 Å². The Balaban J connectivity index is 2.42. The summed E-state index contributed by atoms with van der Waals surface area (Å²) in [6, 6.07) is 3.43. The maximum absolute atomic E-state index is 13.0. The Morgan fingerprint density at radius 1 is 1.29 bits per heavy atom. The summed E-state index contributed by atoms with van der Waals surface area (Å²) in [5.74, 6) is 0.440. The summed E-state index contributed by atoms with van der Waals surface area (Å²) in [7, 11) is 3.06. The molecule has 0 saturated heterocycles. The summed E-state index contributed by atoms with van der Waals surface area (Å²) in [6.45, 7) is 3.56. The number of hydrogen-bond acceptors (Lipinski definition) is 5. The molecule has 0 saturated carbocycles. The lowest BCUT2D eigenvalue weighted by Gasteiger charge is -2.28. The van der Waals surface area contributed by atoms with Crippen molar-refractivity contribution in [2.24, 2.45) is 0 Å². The van der Waals surface area contributed by atoms with Crippen LogP contribution in [0.3, 0.4) is 0 Å². The third-order valence-electron chi connectivity index (χ3n) is 4.29. The number of fused-ring (bicyclic) bond motifs is 1. The third-order valence-corrected chi connectivity index (χ3v) is 4.51. The summed E-state index contributed by atoms with van der Waals surface area (Å²) < 4.78 is 16.2. The summed E-state index contributed by atoms with van der Waals surface area (Å²) in [5, 5.41) is -0.109. The fourth-order valence-electron chi connectivity index (χ4n) is 2.97. The van der Waals surface area contributed by atoms with E-state index < -0.39 is 11.6 Å². The smallest absolute Gasteiger partial charge is 0.306 e. The molecule has 0 radical (unpaired) electrons. The number of rotatable bonds is 7. The van der Waals surface area contributed by atoms with E-state index in [-0.39, 0.29) is 17.6 Å². The summed E-state index contributed by atoms with van der Waals surface area (Å²) in [5.41, 5.74) is 0.123. The minimum absolute atomic E-state index is 0.109. The molecule has 1 aromatic carbocycles. The highest BCUT2D eigenvalue weighted by atomic mass is 35.5. The van der Waals surface area contributed by atoms with Crippen LogP contribution in [0.4, 0.5) is 0 Å². The number of ketones is 1. The van der Waals surface area contributed by atoms with Gasteiger partial charge in [0.05, 0.1) is 14.2 Å². The second kappa shape index (κ2) is 7.43. The summed E-state index contributed by atoms with van der Waals surface area (Å²) in [4.78, 5) is 24.9. The second-order valence-electron chi connectivity index (χ2n) is 6.01. The van der Waals surface area contributed by atoms with Crippen LogP contribution in [0, 0.1) is 0 Å². The Labute approximate surface area is 147 Å². The lowest BCUT2D eigenvalue weighted by molar-refractivity contribution is -0.155. The number of carbonyl (C=O) groups excluding carboxylic acids is 2. The van der Waals surface area contributed by atoms with Gasteiger partial charge in [-0.05, 0) is 37.5 Å². The molecule has 0 aliphatic heterocycles. The van der Waals surface area contributed by atoms with Crippen molar-refractivity contribution < 1.29 is 23.8 Å². The van der Waals surface area contributed by atoms with Gasteiger partial charge in [-0.2, -0.15) is 0 Å². The van der Waals surface area contributed by atoms with Crippen LogP contribution in [0.5, 0.6) is 11.5 Å². The molecule has 0 aromatic heterocycles. The van der Waals surface area contributed by atoms with Crippen molar-refractivity contribution in [3.63, 3.8) is 0 Å². The van der Waals surface area contributed by atoms with E-state index in [2.05, 4.69) is 0 Å². The summed E-state index contributed by atoms with van der Waals surface area (Å²) >= 11 is 6.05. The topological polar surface area (TPSA) is 61.8 Å². The fraction of sp³-hybridized carbons (Fsp3) is 0.556. The lowest BCUT2D eigenvalue weighted by Crippen LogP contribution is -2.41. The molecule has 0 fully saturated rings. The van der Waals surface area contributed by atoms with E-state index in [9.17, 15) is 9.59 Å². The lowest BCUT2D eigenvalue weighted by atomic mass is 9.92. The molecule has 2 rings (SSSR count). The largest absolute Gasteiger partial charge is 0.493 e. The van der Waals surface area contributed by atoms with Crippen molar-refractivity contribution >= 4 is 23.4 Å². The van der Waals surface area contributed by atoms with Gasteiger partial charge >= 0.3 is 5.97 Å². The number of carbonyl (C=O) groups is 2. The molecule has 132 valence electrons. The highest BCUT2D eigenvalue weighted by molar-refractivity contribution is 6.20. The highest BCUT2D eigenvalue weighted by Crippen LogP contribution is 2.42. The molecule has 0 heterocycles. The van der Waals surface area contributed by atoms with Gasteiger partial charge in [-0.15, -0.1) is 11.6 Å². The average Bonchev–Trinajstić information content (AvgIpc) is 2.83. The SMILES string of the molecule is CCC(=O)OC1(CCC(C)Cl)Cc2cc(OC)c(OC)cc2C1=O. The van der Waals surface area contributed by atoms with Gasteiger partial charge in [0.15, 0.2) is 17.1 Å². The predicted molar refractivity (Wildman–Crippen MR) is 91.2 cm³/mol. The van der Waals surface area contributed by atoms with E-state index in [1.807, 2.05) is 6.92 Å². The monoisotopic (exact) mass is 354 g/mol. The van der Waals surface area contributed by atoms with Crippen LogP contribution < -0.4 is 9.47 Å². The zero-order chi connectivity index (χ0) is 17.9. The van der Waals surface area contributed by atoms with Crippen LogP contribution in [0.25, 0.3) is 0 Å². The molecule has 0 amide bonds. The molecule has 0 bridgehead atoms. The number of ether oxygens (including phenoxy) is 3. The minimum atomic E-state index is -1.18. The first-order valence-corrected chi connectivity index (χ1v) is 8.46. The van der Waals surface area contributed by atoms with Crippen molar-refractivity contribution in [3.05, 3.63) is 23.3 Å². The van der Waals surface area contributed by atoms with Gasteiger partial charge in [0.2, 0.25) is 5.78 Å². The van der Waals surface area contributed by atoms with E-state index in [1.165, 1.54) is 7.11 Å². The highest BCUT2D eigenvalue weighted by Gasteiger charge is 2.49. The number of Topliss-reactive ketones (excluding diaryl/α,β-unsaturated/α-hetero) is 1. The van der Waals surface area contributed by atoms with Crippen LogP contribution in [0.1, 0.15) is 49.0 Å². The van der Waals surface area contributed by atoms with Crippen molar-refractivity contribution in [2.45, 2.75) is 50.5 Å². The quantitative estimate of drug-likeness (QED) is 0.553. The molecule has 0 spiro atoms. The normalized spacial score (nSPS) is 20.5. The van der Waals surface area contributed by atoms with Crippen LogP contribution in [-0.2, 0) is 16.0 Å². The van der Waals surface area contributed by atoms with E-state index in [0.29, 0.717) is 36.3 Å². The van der Waals surface area contributed by atoms with Crippen LogP contribution in [0.15, 0.2) is 12.1 Å². The maximum atomic E-state index is 13.0. The number of hydrogen-bond donors (Lipinski definition) is 0. The first-order valence-electron chi connectivity index (χ1n) is 8.02. The van der Waals surface area contributed by atoms with Gasteiger partial charge in [-0.3, -0.25) is 9.59 Å². The van der Waals surface area contributed by atoms with Crippen molar-refractivity contribution in [1.29, 1.82) is 0 Å². The molecule has 6 heteroatoms. The minimum Gasteiger partial charge on any atom is -0.493 e. The van der Waals surface area contributed by atoms with E-state index in [1.54, 1.807) is 26.2 Å². The number of benzene rings is 1. The predicted octanol–water partition coefficient (Wildman–Crippen LogP) is 3.54. The van der Waals surface area contributed by atoms with Crippen molar-refractivity contribution in [2.75, 3.05) is 14.2 Å². The number of alkyl halides is 1. The Bertz CT molecular complexity index is 641. The van der Waals surface area contributed by atoms with E-state index in [0.717, 1.165) is 5.56 Å². The number of esters is 1. The number of methoxy groups -OCH3 is 2. The number of halogens is 1. The van der Waals surface area contributed by atoms with Crippen LogP contribution >= 0.6 is 11.6 Å². The molecule has 1 aliphatic rings. The maximum Gasteiger partial charge on any atom is 0.306 e. The van der Waals surface area contributed by atoms with E-state index in [4.69, 9.17) is 25.8 Å². The Kier molecular flexibility index (Phi) is 5.75. The Morgan fingerprint density at radius 3 is 2.46 bits per heavy atom. The van der Waals surface area contributed by atoms with Gasteiger partial charge in [-0.25, -0.2) is 0 Å². The molecule has 0 N–H and O–H groups in total. The fourth-order valence-corrected chi connectivity index (χ4v) is 3.08. The molecular weight excluding hydrogens is 332 g/mol. The van der Waals surface area contributed by atoms with Gasteiger partial charge in [0.25, 0.3) is 0 Å². The van der Waals surface area contributed by atoms with Gasteiger partial charge in [0.1, 0.15) is 0 Å². The van der Waals surface area contributed by atoms with Gasteiger partial charge < -0.3 is 14.2 Å². The third kappa shape index (κ3) is 3.51. The average molecular weight is 355 g/mol. The molecule has 24 heavy (non-hydrogen) atoms. The molecule has 1 aromatic rings. The van der Waals surface area contributed by atoms with E-state index >= 15 is 0 Å². The standard InChI is InChI=1S/C18H23ClO5/c1-5-16(20)24-18(7-6-11(2)19)10-12-8-14(22-3)15(23-4)9-13(12)17(18)21/h8-9,11H,5-7,10H2,1-4H3. The summed E-state index contributed by atoms with van der Waals surface area (Å²) in [6.07, 6.45) is 1.51. The first kappa shape index (κ1) is 18.6. The zero-order valence-electron chi connectivity index (χ0n) is 14.5. The second-order valence-corrected chi connectivity index (χ2v) is 6.76. The zero-order valence-corrected chi connectivity index (χ0v) is 15.2. The Hall–Kier alpha value is -1.75. The first-order chi connectivity index (χ1) is 11.4. The van der Waals surface area contributed by atoms with Crippen LogP contribution in [0.2, 0.25) is 0 Å². The molecule has 5 nitrogen and oxygen atoms in total. The van der Waals surface area contributed by atoms with Gasteiger partial charge in [-0.1, -0.05) is 6.92 Å². The molecule has 2 atom stereocenters. The molecule has 1 aliphatic carbocycles. The Morgan fingerprint density at radius 2 is 1.92 bits per heavy atom. The molecular formula is C18H23ClO5. The van der Waals surface area contributed by atoms with Crippen molar-refractivity contribution in [1.82, 2.24) is 0 Å². The molecule has 2 unspecified atom stereocenters. The van der Waals surface area contributed by atoms with Crippen molar-refractivity contribution in [3.8, 4) is 11.5 Å². The van der Waals surface area contributed by atoms with Crippen LogP contribution in [-0.4, -0.2) is 37.0 Å².